The monoisotopic (exact) mass is 1460 g/mol. The first-order chi connectivity index (χ1) is 48.9. The van der Waals surface area contributed by atoms with Crippen LogP contribution in [0.4, 0.5) is 11.4 Å². The molecule has 0 aromatic heterocycles. The van der Waals surface area contributed by atoms with E-state index in [0.29, 0.717) is 122 Å². The Kier molecular flexibility index (Phi) is 20.7. The number of hydrogen-bond acceptors (Lipinski definition) is 14. The molecule has 6 aromatic rings. The van der Waals surface area contributed by atoms with E-state index in [2.05, 4.69) is 54.1 Å². The summed E-state index contributed by atoms with van der Waals surface area (Å²) in [6.45, 7) is 10.2. The van der Waals surface area contributed by atoms with E-state index in [1.165, 1.54) is 22.3 Å². The molecule has 4 aliphatic carbocycles. The molecule has 4 amide bonds. The van der Waals surface area contributed by atoms with Gasteiger partial charge in [-0.25, -0.2) is 26.3 Å². The van der Waals surface area contributed by atoms with Crippen LogP contribution in [0.1, 0.15) is 181 Å². The second-order valence-corrected chi connectivity index (χ2v) is 35.3. The molecule has 4 N–H and O–H groups in total. The van der Waals surface area contributed by atoms with Gasteiger partial charge in [0.15, 0.2) is 0 Å². The van der Waals surface area contributed by atoms with Crippen LogP contribution in [-0.2, 0) is 43.7 Å². The second kappa shape index (κ2) is 29.2. The molecule has 102 heavy (non-hydrogen) atoms. The molecule has 4 bridgehead atoms. The molecule has 4 heterocycles. The van der Waals surface area contributed by atoms with Gasteiger partial charge in [0.1, 0.15) is 22.6 Å². The molecular weight excluding hydrogens is 1370 g/mol. The summed E-state index contributed by atoms with van der Waals surface area (Å²) in [5.41, 5.74) is 4.68. The van der Waals surface area contributed by atoms with E-state index in [-0.39, 0.29) is 69.3 Å². The van der Waals surface area contributed by atoms with Crippen molar-refractivity contribution in [3.63, 3.8) is 0 Å². The van der Waals surface area contributed by atoms with Crippen LogP contribution in [-0.4, -0.2) is 101 Å². The number of ether oxygens (including phenoxy) is 2. The van der Waals surface area contributed by atoms with Crippen molar-refractivity contribution < 1.29 is 45.5 Å². The summed E-state index contributed by atoms with van der Waals surface area (Å²) < 4.78 is 71.9. The van der Waals surface area contributed by atoms with Gasteiger partial charge in [0.2, 0.25) is 20.0 Å². The second-order valence-electron chi connectivity index (χ2n) is 30.4. The van der Waals surface area contributed by atoms with Crippen LogP contribution in [0.3, 0.4) is 0 Å². The van der Waals surface area contributed by atoms with Crippen molar-refractivity contribution in [3.05, 3.63) is 188 Å². The van der Waals surface area contributed by atoms with Crippen molar-refractivity contribution in [3.8, 4) is 23.6 Å². The Morgan fingerprint density at radius 3 is 1.29 bits per heavy atom. The molecule has 22 heteroatoms. The number of benzene rings is 6. The van der Waals surface area contributed by atoms with Crippen LogP contribution in [0.15, 0.2) is 133 Å². The van der Waals surface area contributed by atoms with Gasteiger partial charge in [-0.1, -0.05) is 85.6 Å². The summed E-state index contributed by atoms with van der Waals surface area (Å²) in [6.07, 6.45) is 11.8. The highest BCUT2D eigenvalue weighted by atomic mass is 35.5. The molecular formula is C80H90Cl2N8O10S2. The van der Waals surface area contributed by atoms with E-state index >= 15 is 0 Å². The fourth-order valence-corrected chi connectivity index (χ4v) is 20.8. The number of nitrogens with one attached hydrogen (secondary N) is 4. The molecule has 12 atom stereocenters. The third kappa shape index (κ3) is 14.4. The predicted octanol–water partition coefficient (Wildman–Crippen LogP) is 13.6. The van der Waals surface area contributed by atoms with Gasteiger partial charge in [-0.15, -0.1) is 0 Å². The highest BCUT2D eigenvalue weighted by Gasteiger charge is 2.53. The van der Waals surface area contributed by atoms with E-state index in [9.17, 15) is 46.5 Å². The van der Waals surface area contributed by atoms with Gasteiger partial charge in [-0.3, -0.25) is 19.2 Å². The molecule has 4 aliphatic heterocycles. The third-order valence-electron chi connectivity index (χ3n) is 24.3. The van der Waals surface area contributed by atoms with E-state index in [1.54, 1.807) is 74.5 Å². The van der Waals surface area contributed by atoms with Gasteiger partial charge in [-0.05, 0) is 247 Å². The van der Waals surface area contributed by atoms with Gasteiger partial charge in [0, 0.05) is 81.1 Å². The fourth-order valence-electron chi connectivity index (χ4n) is 17.7. The molecule has 536 valence electrons. The first kappa shape index (κ1) is 72.2. The lowest BCUT2D eigenvalue weighted by Crippen LogP contribution is -2.60. The minimum atomic E-state index is -4.02. The Morgan fingerprint density at radius 2 is 0.922 bits per heavy atom. The SMILES string of the molecule is C[C@@H]1[C@@H](C)CCC[C@@](C#N)(NC(=O)c2ccccc2)[C@@H]2CC[C@H]2CN2C[C@@]3(CCCc4cc(Cl)ccc43)COc3ccc(cc32)C(=O)NS1(=O)=O.C[C@@H]1[C@@H](C)CCC[C@](C#N)(NC(=O)c2ccccc2)[C@@H]2CC[C@H]2CN2C[C@@]3(CCCc4cc(Cl)ccc43)COc3ccc(cc32)C(=O)NS1(=O)=O. The maximum Gasteiger partial charge on any atom is 0.264 e. The van der Waals surface area contributed by atoms with Crippen molar-refractivity contribution in [2.45, 2.75) is 163 Å². The quantitative estimate of drug-likeness (QED) is 0.128. The number of anilines is 2. The summed E-state index contributed by atoms with van der Waals surface area (Å²) in [5.74, 6) is -1.42. The van der Waals surface area contributed by atoms with Gasteiger partial charge in [-0.2, -0.15) is 10.5 Å². The Balaban J connectivity index is 0.000000182. The predicted molar refractivity (Wildman–Crippen MR) is 395 cm³/mol. The topological polar surface area (TPSA) is 257 Å². The Hall–Kier alpha value is -8.14. The third-order valence-corrected chi connectivity index (χ3v) is 28.6. The number of amides is 4. The zero-order valence-corrected chi connectivity index (χ0v) is 61.5. The molecule has 14 rings (SSSR count). The molecule has 2 spiro atoms. The number of nitriles is 2. The van der Waals surface area contributed by atoms with E-state index in [1.807, 2.05) is 74.5 Å². The minimum absolute atomic E-state index is 0.0686. The van der Waals surface area contributed by atoms with Crippen LogP contribution < -0.4 is 39.4 Å². The largest absolute Gasteiger partial charge is 0.490 e. The first-order valence-corrected chi connectivity index (χ1v) is 40.0. The number of hydrogen-bond donors (Lipinski definition) is 4. The highest BCUT2D eigenvalue weighted by Crippen LogP contribution is 2.52. The van der Waals surface area contributed by atoms with Crippen molar-refractivity contribution in [2.24, 2.45) is 35.5 Å². The molecule has 0 unspecified atom stereocenters. The zero-order chi connectivity index (χ0) is 71.9. The van der Waals surface area contributed by atoms with Crippen molar-refractivity contribution >= 4 is 78.3 Å². The maximum absolute atomic E-state index is 13.7. The number of halogens is 2. The molecule has 0 radical (unpaired) electrons. The Labute approximate surface area is 609 Å². The van der Waals surface area contributed by atoms with Crippen molar-refractivity contribution in [1.82, 2.24) is 20.1 Å². The summed E-state index contributed by atoms with van der Waals surface area (Å²) in [5, 5.41) is 28.1. The average Bonchev–Trinajstić information content (AvgIpc) is 1.49. The molecule has 18 nitrogen and oxygen atoms in total. The summed E-state index contributed by atoms with van der Waals surface area (Å²) in [4.78, 5) is 59.1. The fraction of sp³-hybridized carbons (Fsp3) is 0.475. The number of aryl methyl sites for hydroxylation is 2. The zero-order valence-electron chi connectivity index (χ0n) is 58.3. The number of sulfonamides is 2. The van der Waals surface area contributed by atoms with E-state index in [4.69, 9.17) is 32.7 Å². The van der Waals surface area contributed by atoms with Crippen LogP contribution >= 0.6 is 23.2 Å². The van der Waals surface area contributed by atoms with Crippen LogP contribution in [0.2, 0.25) is 10.0 Å². The number of rotatable bonds is 4. The number of carbonyl (C=O) groups is 4. The summed E-state index contributed by atoms with van der Waals surface area (Å²) in [6, 6.07) is 45.6. The van der Waals surface area contributed by atoms with Crippen LogP contribution in [0, 0.1) is 58.2 Å². The minimum Gasteiger partial charge on any atom is -0.490 e. The first-order valence-electron chi connectivity index (χ1n) is 36.2. The molecule has 2 fully saturated rings. The van der Waals surface area contributed by atoms with Crippen molar-refractivity contribution in [2.75, 3.05) is 49.2 Å². The van der Waals surface area contributed by atoms with E-state index in [0.717, 1.165) is 64.2 Å². The van der Waals surface area contributed by atoms with Gasteiger partial charge in [0.05, 0.1) is 47.2 Å². The van der Waals surface area contributed by atoms with Gasteiger partial charge in [0.25, 0.3) is 23.6 Å². The number of fused-ring (bicyclic) bond motifs is 8. The van der Waals surface area contributed by atoms with Crippen molar-refractivity contribution in [1.29, 1.82) is 10.5 Å². The highest BCUT2D eigenvalue weighted by molar-refractivity contribution is 7.91. The summed E-state index contributed by atoms with van der Waals surface area (Å²) in [7, 11) is -8.05. The normalized spacial score (nSPS) is 30.2. The van der Waals surface area contributed by atoms with E-state index < -0.39 is 53.4 Å². The Bertz CT molecular complexity index is 4250. The molecule has 2 saturated carbocycles. The maximum atomic E-state index is 13.7. The lowest BCUT2D eigenvalue weighted by molar-refractivity contribution is 0.0635. The molecule has 0 saturated heterocycles. The van der Waals surface area contributed by atoms with Gasteiger partial charge >= 0.3 is 0 Å². The Morgan fingerprint density at radius 1 is 0.520 bits per heavy atom. The molecule has 6 aromatic carbocycles. The smallest absolute Gasteiger partial charge is 0.264 e. The molecule has 8 aliphatic rings. The standard InChI is InChI=1S/2C40H45ClN4O5S/c2*1-26-8-6-19-40(23-42,43-37(46)28-9-4-3-5-10-28)34-15-12-31(34)22-45-24-39(18-7-11-29-20-32(41)14-16-33(29)39)25-50-36-17-13-30(21-35(36)45)38(47)44-51(48,49)27(26)2/h2*3-5,9-10,13-14,16-17,20-21,26-27,31,34H,6-8,11-12,15,18-19,22,24-25H2,1-2H3,(H,43,46)(H,44,47)/t26-,27+,31-,34+,39-,40+;26-,27+,31-,34+,39-,40-/m00/s1. The number of nitrogens with zero attached hydrogens (tertiary/aromatic N) is 4. The summed E-state index contributed by atoms with van der Waals surface area (Å²) >= 11 is 12.9. The lowest BCUT2D eigenvalue weighted by Gasteiger charge is -2.49. The number of carbonyl (C=O) groups excluding carboxylic acids is 4. The van der Waals surface area contributed by atoms with Crippen LogP contribution in [0.5, 0.6) is 11.5 Å². The van der Waals surface area contributed by atoms with Gasteiger partial charge < -0.3 is 29.9 Å². The average molecular weight is 1460 g/mol. The lowest BCUT2D eigenvalue weighted by atomic mass is 9.61. The van der Waals surface area contributed by atoms with Crippen LogP contribution in [0.25, 0.3) is 0 Å².